The van der Waals surface area contributed by atoms with E-state index in [2.05, 4.69) is 5.32 Å². The Morgan fingerprint density at radius 2 is 1.51 bits per heavy atom. The first-order chi connectivity index (χ1) is 22.7. The normalized spacial score (nSPS) is 14.2. The Morgan fingerprint density at radius 1 is 0.851 bits per heavy atom. The van der Waals surface area contributed by atoms with Gasteiger partial charge in [0.25, 0.3) is 10.0 Å². The highest BCUT2D eigenvalue weighted by atomic mass is 35.5. The van der Waals surface area contributed by atoms with E-state index in [4.69, 9.17) is 16.3 Å². The Bertz CT molecular complexity index is 1750. The highest BCUT2D eigenvalue weighted by Gasteiger charge is 2.35. The highest BCUT2D eigenvalue weighted by molar-refractivity contribution is 7.92. The Labute approximate surface area is 282 Å². The Morgan fingerprint density at radius 3 is 2.19 bits per heavy atom. The van der Waals surface area contributed by atoms with Crippen molar-refractivity contribution in [1.29, 1.82) is 0 Å². The van der Waals surface area contributed by atoms with E-state index in [1.807, 2.05) is 36.4 Å². The molecule has 0 saturated heterocycles. The Kier molecular flexibility index (Phi) is 11.6. The number of sulfonamides is 1. The van der Waals surface area contributed by atoms with E-state index in [-0.39, 0.29) is 35.5 Å². The number of ether oxygens (including phenoxy) is 1. The van der Waals surface area contributed by atoms with Gasteiger partial charge in [0, 0.05) is 30.1 Å². The molecule has 0 spiro atoms. The SMILES string of the molecule is COc1cccc(N(CC(=O)N(Cc2cccc(Cl)c2)[C@H](Cc2ccccc2)C(=O)NC2CCCCC2)S(=O)(=O)c2ccccc2)c1. The van der Waals surface area contributed by atoms with Crippen molar-refractivity contribution in [1.82, 2.24) is 10.2 Å². The van der Waals surface area contributed by atoms with Crippen molar-refractivity contribution in [2.75, 3.05) is 18.0 Å². The highest BCUT2D eigenvalue weighted by Crippen LogP contribution is 2.28. The third-order valence-corrected chi connectivity index (χ3v) is 10.4. The van der Waals surface area contributed by atoms with Gasteiger partial charge < -0.3 is 15.0 Å². The molecule has 1 saturated carbocycles. The van der Waals surface area contributed by atoms with Crippen molar-refractivity contribution in [3.8, 4) is 5.75 Å². The van der Waals surface area contributed by atoms with E-state index in [0.717, 1.165) is 42.0 Å². The van der Waals surface area contributed by atoms with Gasteiger partial charge in [-0.05, 0) is 60.4 Å². The number of rotatable bonds is 13. The van der Waals surface area contributed by atoms with Crippen molar-refractivity contribution in [3.05, 3.63) is 125 Å². The van der Waals surface area contributed by atoms with Gasteiger partial charge >= 0.3 is 0 Å². The maximum atomic E-state index is 14.7. The molecule has 1 atom stereocenters. The first-order valence-corrected chi connectivity index (χ1v) is 17.7. The lowest BCUT2D eigenvalue weighted by atomic mass is 9.94. The number of halogens is 1. The fraction of sp³-hybridized carbons (Fsp3) is 0.297. The Balaban J connectivity index is 1.57. The van der Waals surface area contributed by atoms with Crippen LogP contribution in [-0.2, 0) is 32.6 Å². The van der Waals surface area contributed by atoms with Crippen LogP contribution >= 0.6 is 11.6 Å². The fourth-order valence-corrected chi connectivity index (χ4v) is 7.58. The molecule has 8 nitrogen and oxygen atoms in total. The van der Waals surface area contributed by atoms with E-state index in [0.29, 0.717) is 16.3 Å². The summed E-state index contributed by atoms with van der Waals surface area (Å²) in [5.41, 5.74) is 1.85. The molecule has 0 aliphatic heterocycles. The van der Waals surface area contributed by atoms with Gasteiger partial charge in [-0.15, -0.1) is 0 Å². The maximum absolute atomic E-state index is 14.7. The van der Waals surface area contributed by atoms with Gasteiger partial charge in [-0.1, -0.05) is 97.6 Å². The summed E-state index contributed by atoms with van der Waals surface area (Å²) >= 11 is 6.35. The van der Waals surface area contributed by atoms with Crippen LogP contribution in [-0.4, -0.2) is 50.9 Å². The third-order valence-electron chi connectivity index (χ3n) is 8.42. The number of anilines is 1. The first kappa shape index (κ1) is 34.0. The number of hydrogen-bond acceptors (Lipinski definition) is 5. The molecule has 1 N–H and O–H groups in total. The van der Waals surface area contributed by atoms with Gasteiger partial charge in [0.05, 0.1) is 17.7 Å². The molecule has 5 rings (SSSR count). The standard InChI is InChI=1S/C37H40ClN3O5S/c1-46-33-20-12-19-32(25-33)41(47(44,45)34-21-9-4-10-22-34)27-36(42)40(26-29-15-11-16-30(38)23-29)35(24-28-13-5-2-6-14-28)37(43)39-31-17-7-3-8-18-31/h2,4-6,9-16,19-23,25,31,35H,3,7-8,17-18,24,26-27H2,1H3,(H,39,43)/t35-/m1/s1. The Hall–Kier alpha value is -4.34. The number of carbonyl (C=O) groups is 2. The number of carbonyl (C=O) groups excluding carboxylic acids is 2. The molecule has 1 aliphatic carbocycles. The minimum Gasteiger partial charge on any atom is -0.497 e. The lowest BCUT2D eigenvalue weighted by Crippen LogP contribution is -2.55. The second-order valence-corrected chi connectivity index (χ2v) is 14.0. The van der Waals surface area contributed by atoms with E-state index < -0.39 is 28.5 Å². The first-order valence-electron chi connectivity index (χ1n) is 15.8. The van der Waals surface area contributed by atoms with Crippen LogP contribution in [0.4, 0.5) is 5.69 Å². The molecule has 47 heavy (non-hydrogen) atoms. The minimum atomic E-state index is -4.21. The number of nitrogens with one attached hydrogen (secondary N) is 1. The molecular weight excluding hydrogens is 634 g/mol. The third kappa shape index (κ3) is 8.93. The molecule has 0 bridgehead atoms. The van der Waals surface area contributed by atoms with E-state index >= 15 is 0 Å². The number of methoxy groups -OCH3 is 1. The summed E-state index contributed by atoms with van der Waals surface area (Å²) < 4.78 is 34.8. The second-order valence-electron chi connectivity index (χ2n) is 11.7. The van der Waals surface area contributed by atoms with Crippen LogP contribution in [0.5, 0.6) is 5.75 Å². The zero-order valence-electron chi connectivity index (χ0n) is 26.4. The van der Waals surface area contributed by atoms with Gasteiger partial charge in [-0.3, -0.25) is 13.9 Å². The minimum absolute atomic E-state index is 0.0179. The van der Waals surface area contributed by atoms with Crippen LogP contribution in [0.1, 0.15) is 43.2 Å². The van der Waals surface area contributed by atoms with E-state index in [9.17, 15) is 18.0 Å². The molecule has 1 fully saturated rings. The van der Waals surface area contributed by atoms with Crippen molar-refractivity contribution in [2.45, 2.75) is 62.0 Å². The summed E-state index contributed by atoms with van der Waals surface area (Å²) in [7, 11) is -2.71. The summed E-state index contributed by atoms with van der Waals surface area (Å²) in [4.78, 5) is 30.4. The number of benzene rings is 4. The van der Waals surface area contributed by atoms with Gasteiger partial charge in [-0.2, -0.15) is 0 Å². The molecule has 0 unspecified atom stereocenters. The van der Waals surface area contributed by atoms with Crippen molar-refractivity contribution >= 4 is 39.1 Å². The lowest BCUT2D eigenvalue weighted by Gasteiger charge is -2.35. The van der Waals surface area contributed by atoms with Gasteiger partial charge in [-0.25, -0.2) is 8.42 Å². The molecule has 246 valence electrons. The average molecular weight is 674 g/mol. The van der Waals surface area contributed by atoms with Crippen LogP contribution in [0.25, 0.3) is 0 Å². The van der Waals surface area contributed by atoms with Crippen LogP contribution in [0.3, 0.4) is 0 Å². The summed E-state index contributed by atoms with van der Waals surface area (Å²) in [5.74, 6) is -0.366. The van der Waals surface area contributed by atoms with Gasteiger partial charge in [0.15, 0.2) is 0 Å². The second kappa shape index (κ2) is 16.0. The van der Waals surface area contributed by atoms with Crippen molar-refractivity contribution in [2.24, 2.45) is 0 Å². The predicted molar refractivity (Wildman–Crippen MR) is 185 cm³/mol. The molecule has 0 radical (unpaired) electrons. The van der Waals surface area contributed by atoms with Crippen molar-refractivity contribution < 1.29 is 22.7 Å². The zero-order chi connectivity index (χ0) is 33.2. The van der Waals surface area contributed by atoms with Gasteiger partial charge in [0.1, 0.15) is 18.3 Å². The fourth-order valence-electron chi connectivity index (χ4n) is 5.94. The van der Waals surface area contributed by atoms with Crippen LogP contribution < -0.4 is 14.4 Å². The van der Waals surface area contributed by atoms with Gasteiger partial charge in [0.2, 0.25) is 11.8 Å². The zero-order valence-corrected chi connectivity index (χ0v) is 28.0. The summed E-state index contributed by atoms with van der Waals surface area (Å²) in [6, 6.07) is 30.3. The van der Waals surface area contributed by atoms with E-state index in [1.54, 1.807) is 60.7 Å². The quantitative estimate of drug-likeness (QED) is 0.172. The van der Waals surface area contributed by atoms with Crippen LogP contribution in [0.15, 0.2) is 114 Å². The van der Waals surface area contributed by atoms with Crippen LogP contribution in [0.2, 0.25) is 5.02 Å². The smallest absolute Gasteiger partial charge is 0.264 e. The number of amides is 2. The summed E-state index contributed by atoms with van der Waals surface area (Å²) in [5, 5.41) is 3.71. The van der Waals surface area contributed by atoms with Crippen LogP contribution in [0, 0.1) is 0 Å². The maximum Gasteiger partial charge on any atom is 0.264 e. The average Bonchev–Trinajstić information content (AvgIpc) is 3.10. The topological polar surface area (TPSA) is 96.0 Å². The molecule has 4 aromatic carbocycles. The number of hydrogen-bond donors (Lipinski definition) is 1. The molecule has 10 heteroatoms. The molecular formula is C37H40ClN3O5S. The lowest BCUT2D eigenvalue weighted by molar-refractivity contribution is -0.140. The van der Waals surface area contributed by atoms with E-state index in [1.165, 1.54) is 24.1 Å². The number of nitrogens with zero attached hydrogens (tertiary/aromatic N) is 2. The largest absolute Gasteiger partial charge is 0.497 e. The van der Waals surface area contributed by atoms with Crippen molar-refractivity contribution in [3.63, 3.8) is 0 Å². The summed E-state index contributed by atoms with van der Waals surface area (Å²) in [6.45, 7) is -0.501. The predicted octanol–water partition coefficient (Wildman–Crippen LogP) is 6.63. The molecule has 0 aromatic heterocycles. The molecule has 2 amide bonds. The molecule has 4 aromatic rings. The summed E-state index contributed by atoms with van der Waals surface area (Å²) in [6.07, 6.45) is 5.21. The monoisotopic (exact) mass is 673 g/mol. The molecule has 1 aliphatic rings. The molecule has 0 heterocycles.